The summed E-state index contributed by atoms with van der Waals surface area (Å²) in [7, 11) is 1.62. The Morgan fingerprint density at radius 3 is 2.78 bits per heavy atom. The van der Waals surface area contributed by atoms with Gasteiger partial charge in [0.05, 0.1) is 20.2 Å². The van der Waals surface area contributed by atoms with Gasteiger partial charge in [0.2, 0.25) is 5.91 Å². The zero-order valence-corrected chi connectivity index (χ0v) is 15.7. The van der Waals surface area contributed by atoms with E-state index in [1.165, 1.54) is 4.90 Å². The largest absolute Gasteiger partial charge is 0.497 e. The Morgan fingerprint density at radius 2 is 2.07 bits per heavy atom. The standard InChI is InChI=1S/C20H21ClN2O4/c1-26-17-8-5-14(6-9-17)7-10-19(24)22-12-18-13-23(20(25)27-18)16-4-2-3-15(21)11-16/h2-6,8-9,11,18H,7,10,12-13H2,1H3,(H,22,24). The third-order valence-corrected chi connectivity index (χ3v) is 4.56. The maximum Gasteiger partial charge on any atom is 0.414 e. The molecule has 1 heterocycles. The Kier molecular flexibility index (Phi) is 6.19. The van der Waals surface area contributed by atoms with Gasteiger partial charge in [0.1, 0.15) is 11.9 Å². The Morgan fingerprint density at radius 1 is 1.30 bits per heavy atom. The van der Waals surface area contributed by atoms with Gasteiger partial charge in [-0.2, -0.15) is 0 Å². The van der Waals surface area contributed by atoms with Crippen LogP contribution in [-0.4, -0.2) is 38.3 Å². The van der Waals surface area contributed by atoms with Crippen LogP contribution in [0.4, 0.5) is 10.5 Å². The molecule has 2 amide bonds. The fourth-order valence-electron chi connectivity index (χ4n) is 2.85. The number of carbonyl (C=O) groups excluding carboxylic acids is 2. The number of rotatable bonds is 7. The topological polar surface area (TPSA) is 67.9 Å². The lowest BCUT2D eigenvalue weighted by atomic mass is 10.1. The van der Waals surface area contributed by atoms with Gasteiger partial charge in [-0.15, -0.1) is 0 Å². The van der Waals surface area contributed by atoms with Gasteiger partial charge in [-0.05, 0) is 42.3 Å². The zero-order valence-electron chi connectivity index (χ0n) is 15.0. The van der Waals surface area contributed by atoms with Crippen LogP contribution in [0.1, 0.15) is 12.0 Å². The molecule has 1 fully saturated rings. The SMILES string of the molecule is COc1ccc(CCC(=O)NCC2CN(c3cccc(Cl)c3)C(=O)O2)cc1. The second-order valence-electron chi connectivity index (χ2n) is 6.25. The lowest BCUT2D eigenvalue weighted by molar-refractivity contribution is -0.121. The fraction of sp³-hybridized carbons (Fsp3) is 0.300. The number of carbonyl (C=O) groups is 2. The van der Waals surface area contributed by atoms with Crippen LogP contribution in [0.15, 0.2) is 48.5 Å². The summed E-state index contributed by atoms with van der Waals surface area (Å²) >= 11 is 5.97. The van der Waals surface area contributed by atoms with E-state index in [9.17, 15) is 9.59 Å². The number of ether oxygens (including phenoxy) is 2. The number of amides is 2. The second-order valence-corrected chi connectivity index (χ2v) is 6.68. The third-order valence-electron chi connectivity index (χ3n) is 4.32. The first-order valence-electron chi connectivity index (χ1n) is 8.68. The van der Waals surface area contributed by atoms with E-state index in [1.54, 1.807) is 31.4 Å². The molecule has 6 nitrogen and oxygen atoms in total. The summed E-state index contributed by atoms with van der Waals surface area (Å²) in [5.41, 5.74) is 1.74. The smallest absolute Gasteiger partial charge is 0.414 e. The van der Waals surface area contributed by atoms with Gasteiger partial charge in [0.25, 0.3) is 0 Å². The molecule has 0 saturated carbocycles. The van der Waals surface area contributed by atoms with Crippen molar-refractivity contribution >= 4 is 29.3 Å². The number of aryl methyl sites for hydroxylation is 1. The molecular formula is C20H21ClN2O4. The van der Waals surface area contributed by atoms with Gasteiger partial charge in [0, 0.05) is 17.1 Å². The average molecular weight is 389 g/mol. The van der Waals surface area contributed by atoms with E-state index in [-0.39, 0.29) is 18.6 Å². The van der Waals surface area contributed by atoms with Crippen molar-refractivity contribution in [2.75, 3.05) is 25.1 Å². The molecule has 1 aliphatic rings. The molecule has 7 heteroatoms. The number of anilines is 1. The Bertz CT molecular complexity index is 810. The van der Waals surface area contributed by atoms with Gasteiger partial charge in [-0.1, -0.05) is 29.8 Å². The number of cyclic esters (lactones) is 1. The van der Waals surface area contributed by atoms with Crippen LogP contribution in [-0.2, 0) is 16.0 Å². The van der Waals surface area contributed by atoms with Crippen LogP contribution in [0.25, 0.3) is 0 Å². The molecule has 1 saturated heterocycles. The number of halogens is 1. The van der Waals surface area contributed by atoms with E-state index in [0.717, 1.165) is 11.3 Å². The van der Waals surface area contributed by atoms with Gasteiger partial charge >= 0.3 is 6.09 Å². The summed E-state index contributed by atoms with van der Waals surface area (Å²) in [6.45, 7) is 0.655. The van der Waals surface area contributed by atoms with Crippen molar-refractivity contribution in [2.24, 2.45) is 0 Å². The van der Waals surface area contributed by atoms with Crippen molar-refractivity contribution in [3.8, 4) is 5.75 Å². The molecule has 0 aliphatic carbocycles. The van der Waals surface area contributed by atoms with Gasteiger partial charge < -0.3 is 14.8 Å². The fourth-order valence-corrected chi connectivity index (χ4v) is 3.03. The van der Waals surface area contributed by atoms with E-state index < -0.39 is 6.09 Å². The third kappa shape index (κ3) is 5.14. The normalized spacial score (nSPS) is 16.1. The molecule has 1 aliphatic heterocycles. The maximum absolute atomic E-state index is 12.1. The van der Waals surface area contributed by atoms with Gasteiger partial charge in [-0.25, -0.2) is 4.79 Å². The minimum atomic E-state index is -0.435. The van der Waals surface area contributed by atoms with Crippen LogP contribution in [0.5, 0.6) is 5.75 Å². The number of hydrogen-bond donors (Lipinski definition) is 1. The van der Waals surface area contributed by atoms with Crippen LogP contribution in [0.3, 0.4) is 0 Å². The van der Waals surface area contributed by atoms with Crippen molar-refractivity contribution in [1.82, 2.24) is 5.32 Å². The van der Waals surface area contributed by atoms with E-state index >= 15 is 0 Å². The highest BCUT2D eigenvalue weighted by Crippen LogP contribution is 2.24. The molecule has 1 atom stereocenters. The number of nitrogens with one attached hydrogen (secondary N) is 1. The number of benzene rings is 2. The molecule has 1 N–H and O–H groups in total. The minimum absolute atomic E-state index is 0.0805. The molecule has 27 heavy (non-hydrogen) atoms. The predicted molar refractivity (Wildman–Crippen MR) is 103 cm³/mol. The molecule has 1 unspecified atom stereocenters. The first kappa shape index (κ1) is 19.0. The maximum atomic E-state index is 12.1. The molecule has 0 bridgehead atoms. The minimum Gasteiger partial charge on any atom is -0.497 e. The number of methoxy groups -OCH3 is 1. The van der Waals surface area contributed by atoms with Crippen molar-refractivity contribution in [3.05, 3.63) is 59.1 Å². The van der Waals surface area contributed by atoms with Crippen LogP contribution >= 0.6 is 11.6 Å². The number of nitrogens with zero attached hydrogens (tertiary/aromatic N) is 1. The van der Waals surface area contributed by atoms with Crippen LogP contribution in [0, 0.1) is 0 Å². The summed E-state index contributed by atoms with van der Waals surface area (Å²) < 4.78 is 10.4. The molecular weight excluding hydrogens is 368 g/mol. The summed E-state index contributed by atoms with van der Waals surface area (Å²) in [4.78, 5) is 25.6. The summed E-state index contributed by atoms with van der Waals surface area (Å²) in [6.07, 6.45) is 0.177. The molecule has 0 radical (unpaired) electrons. The molecule has 0 aromatic heterocycles. The lowest BCUT2D eigenvalue weighted by Crippen LogP contribution is -2.34. The summed E-state index contributed by atoms with van der Waals surface area (Å²) in [5.74, 6) is 0.707. The Hall–Kier alpha value is -2.73. The summed E-state index contributed by atoms with van der Waals surface area (Å²) in [6, 6.07) is 14.6. The highest BCUT2D eigenvalue weighted by molar-refractivity contribution is 6.30. The predicted octanol–water partition coefficient (Wildman–Crippen LogP) is 3.42. The molecule has 142 valence electrons. The molecule has 2 aromatic rings. The van der Waals surface area contributed by atoms with Gasteiger partial charge in [0.15, 0.2) is 0 Å². The molecule has 3 rings (SSSR count). The van der Waals surface area contributed by atoms with Crippen molar-refractivity contribution in [2.45, 2.75) is 18.9 Å². The van der Waals surface area contributed by atoms with Crippen molar-refractivity contribution < 1.29 is 19.1 Å². The highest BCUT2D eigenvalue weighted by Gasteiger charge is 2.32. The summed E-state index contributed by atoms with van der Waals surface area (Å²) in [5, 5.41) is 3.38. The molecule has 2 aromatic carbocycles. The monoisotopic (exact) mass is 388 g/mol. The zero-order chi connectivity index (χ0) is 19.2. The second kappa shape index (κ2) is 8.77. The quantitative estimate of drug-likeness (QED) is 0.789. The first-order valence-corrected chi connectivity index (χ1v) is 9.06. The Labute approximate surface area is 163 Å². The van der Waals surface area contributed by atoms with E-state index in [1.807, 2.05) is 24.3 Å². The van der Waals surface area contributed by atoms with E-state index in [2.05, 4.69) is 5.32 Å². The average Bonchev–Trinajstić information content (AvgIpc) is 3.06. The highest BCUT2D eigenvalue weighted by atomic mass is 35.5. The lowest BCUT2D eigenvalue weighted by Gasteiger charge is -2.13. The number of hydrogen-bond acceptors (Lipinski definition) is 4. The van der Waals surface area contributed by atoms with E-state index in [0.29, 0.717) is 30.1 Å². The Balaban J connectivity index is 1.44. The molecule has 0 spiro atoms. The van der Waals surface area contributed by atoms with Crippen molar-refractivity contribution in [1.29, 1.82) is 0 Å². The van der Waals surface area contributed by atoms with E-state index in [4.69, 9.17) is 21.1 Å². The van der Waals surface area contributed by atoms with Gasteiger partial charge in [-0.3, -0.25) is 9.69 Å². The van der Waals surface area contributed by atoms with Crippen LogP contribution in [0.2, 0.25) is 5.02 Å². The van der Waals surface area contributed by atoms with Crippen molar-refractivity contribution in [3.63, 3.8) is 0 Å². The first-order chi connectivity index (χ1) is 13.0. The van der Waals surface area contributed by atoms with Crippen LogP contribution < -0.4 is 15.0 Å².